The molecule has 0 aliphatic carbocycles. The van der Waals surface area contributed by atoms with Crippen LogP contribution in [0.25, 0.3) is 11.7 Å². The molecular formula is C18H18N4O5S. The van der Waals surface area contributed by atoms with Crippen molar-refractivity contribution in [2.45, 2.75) is 24.2 Å². The first kappa shape index (κ1) is 18.4. The van der Waals surface area contributed by atoms with E-state index in [1.165, 1.54) is 34.8 Å². The van der Waals surface area contributed by atoms with Crippen molar-refractivity contribution >= 4 is 21.9 Å². The van der Waals surface area contributed by atoms with Gasteiger partial charge >= 0.3 is 6.01 Å². The molecule has 1 N–H and O–H groups in total. The molecular weight excluding hydrogens is 384 g/mol. The lowest BCUT2D eigenvalue weighted by atomic mass is 10.2. The van der Waals surface area contributed by atoms with E-state index in [4.69, 9.17) is 8.83 Å². The Balaban J connectivity index is 1.45. The molecule has 0 spiro atoms. The van der Waals surface area contributed by atoms with Crippen molar-refractivity contribution in [2.75, 3.05) is 18.4 Å². The number of hydrogen-bond acceptors (Lipinski definition) is 7. The van der Waals surface area contributed by atoms with Crippen LogP contribution >= 0.6 is 0 Å². The van der Waals surface area contributed by atoms with Crippen LogP contribution in [-0.4, -0.2) is 41.9 Å². The number of rotatable bonds is 5. The lowest BCUT2D eigenvalue weighted by molar-refractivity contribution is 0.102. The fourth-order valence-corrected chi connectivity index (χ4v) is 4.49. The predicted octanol–water partition coefficient (Wildman–Crippen LogP) is 2.76. The maximum atomic E-state index is 12.7. The molecule has 3 heterocycles. The molecule has 146 valence electrons. The third kappa shape index (κ3) is 3.69. The van der Waals surface area contributed by atoms with Crippen LogP contribution in [0.4, 0.5) is 6.01 Å². The highest BCUT2D eigenvalue weighted by atomic mass is 32.2. The Morgan fingerprint density at radius 2 is 1.79 bits per heavy atom. The number of carbonyl (C=O) groups is 1. The molecule has 0 unspecified atom stereocenters. The minimum atomic E-state index is -3.53. The number of aromatic nitrogens is 2. The number of anilines is 1. The quantitative estimate of drug-likeness (QED) is 0.697. The van der Waals surface area contributed by atoms with Gasteiger partial charge in [-0.2, -0.15) is 4.31 Å². The largest absolute Gasteiger partial charge is 0.459 e. The Labute approximate surface area is 161 Å². The molecule has 0 radical (unpaired) electrons. The summed E-state index contributed by atoms with van der Waals surface area (Å²) in [4.78, 5) is 12.5. The second-order valence-electron chi connectivity index (χ2n) is 6.33. The maximum absolute atomic E-state index is 12.7. The van der Waals surface area contributed by atoms with Gasteiger partial charge in [0.1, 0.15) is 0 Å². The first-order valence-electron chi connectivity index (χ1n) is 8.83. The van der Waals surface area contributed by atoms with Crippen molar-refractivity contribution in [1.82, 2.24) is 14.5 Å². The number of piperidine rings is 1. The minimum absolute atomic E-state index is 0.0820. The zero-order valence-electron chi connectivity index (χ0n) is 14.9. The van der Waals surface area contributed by atoms with E-state index >= 15 is 0 Å². The zero-order chi connectivity index (χ0) is 19.6. The van der Waals surface area contributed by atoms with Crippen molar-refractivity contribution in [1.29, 1.82) is 0 Å². The molecule has 28 heavy (non-hydrogen) atoms. The Hall–Kier alpha value is -2.98. The van der Waals surface area contributed by atoms with Gasteiger partial charge in [-0.3, -0.25) is 10.1 Å². The molecule has 10 heteroatoms. The second kappa shape index (κ2) is 7.56. The molecule has 0 saturated carbocycles. The standard InChI is InChI=1S/C18H18N4O5S/c23-16(19-18-21-20-17(27-18)15-5-4-12-26-15)13-6-8-14(9-7-13)28(24,25)22-10-2-1-3-11-22/h4-9,12H,1-3,10-11H2,(H,19,21,23). The van der Waals surface area contributed by atoms with Crippen LogP contribution < -0.4 is 5.32 Å². The zero-order valence-corrected chi connectivity index (χ0v) is 15.7. The number of nitrogens with one attached hydrogen (secondary N) is 1. The highest BCUT2D eigenvalue weighted by Gasteiger charge is 2.26. The van der Waals surface area contributed by atoms with E-state index in [2.05, 4.69) is 15.5 Å². The summed E-state index contributed by atoms with van der Waals surface area (Å²) in [6.07, 6.45) is 4.24. The van der Waals surface area contributed by atoms with Gasteiger partial charge in [-0.05, 0) is 49.2 Å². The number of nitrogens with zero attached hydrogens (tertiary/aromatic N) is 3. The highest BCUT2D eigenvalue weighted by Crippen LogP contribution is 2.22. The van der Waals surface area contributed by atoms with Crippen LogP contribution in [0.1, 0.15) is 29.6 Å². The van der Waals surface area contributed by atoms with Crippen molar-refractivity contribution in [2.24, 2.45) is 0 Å². The van der Waals surface area contributed by atoms with Crippen LogP contribution in [0, 0.1) is 0 Å². The summed E-state index contributed by atoms with van der Waals surface area (Å²) in [6, 6.07) is 9.02. The van der Waals surface area contributed by atoms with E-state index in [0.29, 0.717) is 18.8 Å². The van der Waals surface area contributed by atoms with Crippen LogP contribution in [0.2, 0.25) is 0 Å². The van der Waals surface area contributed by atoms with Crippen LogP contribution in [-0.2, 0) is 10.0 Å². The first-order chi connectivity index (χ1) is 13.5. The van der Waals surface area contributed by atoms with Gasteiger partial charge in [-0.1, -0.05) is 11.5 Å². The molecule has 0 atom stereocenters. The van der Waals surface area contributed by atoms with Crippen LogP contribution in [0.5, 0.6) is 0 Å². The van der Waals surface area contributed by atoms with E-state index in [0.717, 1.165) is 19.3 Å². The van der Waals surface area contributed by atoms with Crippen molar-refractivity contribution < 1.29 is 22.0 Å². The average molecular weight is 402 g/mol. The SMILES string of the molecule is O=C(Nc1nnc(-c2ccco2)o1)c1ccc(S(=O)(=O)N2CCCCC2)cc1. The minimum Gasteiger partial charge on any atom is -0.459 e. The van der Waals surface area contributed by atoms with Gasteiger partial charge in [0.05, 0.1) is 11.2 Å². The third-order valence-electron chi connectivity index (χ3n) is 4.45. The van der Waals surface area contributed by atoms with Gasteiger partial charge in [-0.15, -0.1) is 5.10 Å². The first-order valence-corrected chi connectivity index (χ1v) is 10.3. The molecule has 4 rings (SSSR count). The third-order valence-corrected chi connectivity index (χ3v) is 6.36. The molecule has 1 amide bonds. The van der Waals surface area contributed by atoms with E-state index in [1.807, 2.05) is 0 Å². The Bertz CT molecular complexity index is 1050. The van der Waals surface area contributed by atoms with E-state index in [9.17, 15) is 13.2 Å². The predicted molar refractivity (Wildman–Crippen MR) is 99.0 cm³/mol. The van der Waals surface area contributed by atoms with Gasteiger partial charge in [-0.25, -0.2) is 8.42 Å². The Kier molecular flexibility index (Phi) is 4.97. The molecule has 1 fully saturated rings. The lowest BCUT2D eigenvalue weighted by Gasteiger charge is -2.25. The Morgan fingerprint density at radius 1 is 1.04 bits per heavy atom. The smallest absolute Gasteiger partial charge is 0.322 e. The fraction of sp³-hybridized carbons (Fsp3) is 0.278. The van der Waals surface area contributed by atoms with E-state index in [-0.39, 0.29) is 22.4 Å². The highest BCUT2D eigenvalue weighted by molar-refractivity contribution is 7.89. The Morgan fingerprint density at radius 3 is 2.46 bits per heavy atom. The van der Waals surface area contributed by atoms with Crippen LogP contribution in [0.15, 0.2) is 56.4 Å². The van der Waals surface area contributed by atoms with Gasteiger partial charge in [0.25, 0.3) is 11.8 Å². The lowest BCUT2D eigenvalue weighted by Crippen LogP contribution is -2.35. The molecule has 1 aliphatic heterocycles. The summed E-state index contributed by atoms with van der Waals surface area (Å²) >= 11 is 0. The van der Waals surface area contributed by atoms with E-state index < -0.39 is 15.9 Å². The summed E-state index contributed by atoms with van der Waals surface area (Å²) in [6.45, 7) is 1.06. The summed E-state index contributed by atoms with van der Waals surface area (Å²) < 4.78 is 37.3. The maximum Gasteiger partial charge on any atom is 0.322 e. The van der Waals surface area contributed by atoms with Crippen LogP contribution in [0.3, 0.4) is 0 Å². The van der Waals surface area contributed by atoms with Gasteiger partial charge < -0.3 is 8.83 Å². The monoisotopic (exact) mass is 402 g/mol. The topological polar surface area (TPSA) is 119 Å². The summed E-state index contributed by atoms with van der Waals surface area (Å²) in [7, 11) is -3.53. The molecule has 9 nitrogen and oxygen atoms in total. The van der Waals surface area contributed by atoms with Gasteiger partial charge in [0.15, 0.2) is 5.76 Å². The normalized spacial score (nSPS) is 15.4. The number of hydrogen-bond donors (Lipinski definition) is 1. The fourth-order valence-electron chi connectivity index (χ4n) is 2.98. The summed E-state index contributed by atoms with van der Waals surface area (Å²) in [5.41, 5.74) is 0.273. The molecule has 1 saturated heterocycles. The van der Waals surface area contributed by atoms with Crippen molar-refractivity contribution in [3.8, 4) is 11.7 Å². The summed E-state index contributed by atoms with van der Waals surface area (Å²) in [5, 5.41) is 10.0. The van der Waals surface area contributed by atoms with E-state index in [1.54, 1.807) is 12.1 Å². The number of carbonyl (C=O) groups excluding carboxylic acids is 1. The molecule has 1 aromatic carbocycles. The van der Waals surface area contributed by atoms with Crippen molar-refractivity contribution in [3.05, 3.63) is 48.2 Å². The molecule has 1 aliphatic rings. The molecule has 2 aromatic heterocycles. The number of sulfonamides is 1. The number of benzene rings is 1. The van der Waals surface area contributed by atoms with Crippen molar-refractivity contribution in [3.63, 3.8) is 0 Å². The molecule has 3 aromatic rings. The summed E-state index contributed by atoms with van der Waals surface area (Å²) in [5.74, 6) is 0.0418. The second-order valence-corrected chi connectivity index (χ2v) is 8.27. The average Bonchev–Trinajstić information content (AvgIpc) is 3.40. The number of furan rings is 1. The van der Waals surface area contributed by atoms with Gasteiger partial charge in [0, 0.05) is 18.7 Å². The molecule has 0 bridgehead atoms. The van der Waals surface area contributed by atoms with Gasteiger partial charge in [0.2, 0.25) is 10.0 Å². The number of amides is 1.